The van der Waals surface area contributed by atoms with Gasteiger partial charge in [-0.25, -0.2) is 0 Å². The summed E-state index contributed by atoms with van der Waals surface area (Å²) in [6, 6.07) is 15.7. The van der Waals surface area contributed by atoms with Gasteiger partial charge in [-0.15, -0.1) is 0 Å². The van der Waals surface area contributed by atoms with Crippen LogP contribution in [0, 0.1) is 20.8 Å². The Bertz CT molecular complexity index is 1040. The van der Waals surface area contributed by atoms with Crippen LogP contribution in [0.25, 0.3) is 10.8 Å². The molecule has 3 aromatic rings. The summed E-state index contributed by atoms with van der Waals surface area (Å²) < 4.78 is 0. The van der Waals surface area contributed by atoms with E-state index in [1.54, 1.807) is 0 Å². The van der Waals surface area contributed by atoms with E-state index in [0.717, 1.165) is 17.1 Å². The van der Waals surface area contributed by atoms with Gasteiger partial charge in [0.05, 0.1) is 11.4 Å². The van der Waals surface area contributed by atoms with Gasteiger partial charge in [0, 0.05) is 23.7 Å². The molecule has 2 heteroatoms. The number of hydrogen-bond donors (Lipinski definition) is 0. The van der Waals surface area contributed by atoms with Crippen molar-refractivity contribution >= 4 is 16.5 Å². The van der Waals surface area contributed by atoms with Crippen LogP contribution in [-0.4, -0.2) is 17.7 Å². The summed E-state index contributed by atoms with van der Waals surface area (Å²) in [5.41, 5.74) is 8.27. The first-order valence-corrected chi connectivity index (χ1v) is 10.5. The second kappa shape index (κ2) is 7.87. The molecule has 0 atom stereocenters. The molecule has 2 nitrogen and oxygen atoms in total. The number of aromatic nitrogens is 1. The zero-order valence-electron chi connectivity index (χ0n) is 17.5. The zero-order valence-corrected chi connectivity index (χ0v) is 17.5. The Morgan fingerprint density at radius 3 is 2.46 bits per heavy atom. The topological polar surface area (TPSA) is 25.2 Å². The van der Waals surface area contributed by atoms with E-state index in [4.69, 9.17) is 9.98 Å². The molecule has 1 fully saturated rings. The molecule has 0 bridgehead atoms. The molecule has 28 heavy (non-hydrogen) atoms. The highest BCUT2D eigenvalue weighted by molar-refractivity contribution is 6.14. The number of nitrogens with zero attached hydrogens (tertiary/aromatic N) is 2. The number of fused-ring (bicyclic) bond motifs is 1. The van der Waals surface area contributed by atoms with E-state index in [9.17, 15) is 0 Å². The molecule has 0 N–H and O–H groups in total. The van der Waals surface area contributed by atoms with Gasteiger partial charge in [0.25, 0.3) is 0 Å². The number of aryl methyl sites for hydroxylation is 3. The third kappa shape index (κ3) is 3.61. The highest BCUT2D eigenvalue weighted by atomic mass is 14.8. The first-order valence-electron chi connectivity index (χ1n) is 10.5. The first-order chi connectivity index (χ1) is 13.6. The van der Waals surface area contributed by atoms with Gasteiger partial charge in [-0.05, 0) is 68.2 Å². The number of benzene rings is 2. The Kier molecular flexibility index (Phi) is 5.30. The summed E-state index contributed by atoms with van der Waals surface area (Å²) in [6.07, 6.45) is 6.72. The van der Waals surface area contributed by atoms with Crippen molar-refractivity contribution in [3.8, 4) is 0 Å². The molecule has 2 aromatic carbocycles. The van der Waals surface area contributed by atoms with Crippen molar-refractivity contribution in [1.29, 1.82) is 0 Å². The molecule has 144 valence electrons. The average molecular weight is 371 g/mol. The van der Waals surface area contributed by atoms with Crippen LogP contribution in [0.4, 0.5) is 0 Å². The fourth-order valence-electron chi connectivity index (χ4n) is 4.63. The smallest absolute Gasteiger partial charge is 0.0902 e. The summed E-state index contributed by atoms with van der Waals surface area (Å²) in [5.74, 6) is 0.695. The van der Waals surface area contributed by atoms with E-state index in [0.29, 0.717) is 5.92 Å². The predicted octanol–water partition coefficient (Wildman–Crippen LogP) is 6.67. The number of aliphatic imine (C=N–C) groups is 1. The largest absolute Gasteiger partial charge is 0.286 e. The molecule has 1 aliphatic rings. The summed E-state index contributed by atoms with van der Waals surface area (Å²) >= 11 is 0. The monoisotopic (exact) mass is 370 g/mol. The maximum atomic E-state index is 4.93. The van der Waals surface area contributed by atoms with Crippen molar-refractivity contribution in [3.05, 3.63) is 76.1 Å². The molecule has 1 aromatic heterocycles. The second-order valence-corrected chi connectivity index (χ2v) is 8.30. The minimum Gasteiger partial charge on any atom is -0.286 e. The molecule has 0 saturated heterocycles. The fourth-order valence-corrected chi connectivity index (χ4v) is 4.63. The van der Waals surface area contributed by atoms with Gasteiger partial charge in [0.2, 0.25) is 0 Å². The van der Waals surface area contributed by atoms with Crippen LogP contribution < -0.4 is 0 Å². The van der Waals surface area contributed by atoms with E-state index < -0.39 is 0 Å². The van der Waals surface area contributed by atoms with E-state index >= 15 is 0 Å². The van der Waals surface area contributed by atoms with Crippen LogP contribution in [0.5, 0.6) is 0 Å². The fraction of sp³-hybridized carbons (Fsp3) is 0.385. The summed E-state index contributed by atoms with van der Waals surface area (Å²) in [6.45, 7) is 6.42. The maximum absolute atomic E-state index is 4.93. The van der Waals surface area contributed by atoms with E-state index in [1.807, 2.05) is 7.05 Å². The Morgan fingerprint density at radius 2 is 1.71 bits per heavy atom. The molecule has 1 heterocycles. The number of hydrogen-bond acceptors (Lipinski definition) is 2. The second-order valence-electron chi connectivity index (χ2n) is 8.30. The number of pyridine rings is 1. The Balaban J connectivity index is 1.80. The van der Waals surface area contributed by atoms with Crippen molar-refractivity contribution in [2.24, 2.45) is 4.99 Å². The van der Waals surface area contributed by atoms with Crippen molar-refractivity contribution in [2.75, 3.05) is 7.05 Å². The van der Waals surface area contributed by atoms with Crippen LogP contribution in [0.3, 0.4) is 0 Å². The molecule has 1 aliphatic carbocycles. The molecule has 0 amide bonds. The highest BCUT2D eigenvalue weighted by Gasteiger charge is 2.19. The highest BCUT2D eigenvalue weighted by Crippen LogP contribution is 2.34. The maximum Gasteiger partial charge on any atom is 0.0902 e. The van der Waals surface area contributed by atoms with Gasteiger partial charge in [-0.1, -0.05) is 55.2 Å². The molecule has 0 unspecified atom stereocenters. The van der Waals surface area contributed by atoms with Crippen molar-refractivity contribution in [1.82, 2.24) is 4.98 Å². The predicted molar refractivity (Wildman–Crippen MR) is 120 cm³/mol. The van der Waals surface area contributed by atoms with Gasteiger partial charge < -0.3 is 0 Å². The third-order valence-electron chi connectivity index (χ3n) is 6.24. The average Bonchev–Trinajstić information content (AvgIpc) is 2.70. The molecule has 1 saturated carbocycles. The van der Waals surface area contributed by atoms with E-state index in [-0.39, 0.29) is 0 Å². The Hall–Kier alpha value is -2.48. The van der Waals surface area contributed by atoms with Crippen LogP contribution in [0.1, 0.15) is 71.7 Å². The van der Waals surface area contributed by atoms with Crippen molar-refractivity contribution < 1.29 is 0 Å². The SMILES string of the molecule is CN=C(c1cc2cc(C)ccc2c(C)n1)c1cc(C2CCCCC2)ccc1C. The minimum atomic E-state index is 0.695. The van der Waals surface area contributed by atoms with Crippen molar-refractivity contribution in [2.45, 2.75) is 58.8 Å². The lowest BCUT2D eigenvalue weighted by Crippen LogP contribution is -2.11. The lowest BCUT2D eigenvalue weighted by atomic mass is 9.82. The standard InChI is InChI=1S/C26H30N2/c1-17-10-13-23-19(3)28-25(16-22(23)14-17)26(27-4)24-15-21(12-11-18(24)2)20-8-6-5-7-9-20/h10-16,20H,5-9H2,1-4H3. The van der Waals surface area contributed by atoms with Gasteiger partial charge in [0.15, 0.2) is 0 Å². The Morgan fingerprint density at radius 1 is 0.929 bits per heavy atom. The summed E-state index contributed by atoms with van der Waals surface area (Å²) in [5, 5.41) is 2.46. The van der Waals surface area contributed by atoms with Gasteiger partial charge in [-0.3, -0.25) is 9.98 Å². The molecule has 0 aliphatic heterocycles. The Labute approximate surface area is 168 Å². The molecular formula is C26H30N2. The molecule has 4 rings (SSSR count). The van der Waals surface area contributed by atoms with Crippen LogP contribution >= 0.6 is 0 Å². The summed E-state index contributed by atoms with van der Waals surface area (Å²) in [7, 11) is 1.89. The molecule has 0 spiro atoms. The lowest BCUT2D eigenvalue weighted by molar-refractivity contribution is 0.443. The van der Waals surface area contributed by atoms with Gasteiger partial charge in [-0.2, -0.15) is 0 Å². The normalized spacial score (nSPS) is 15.9. The van der Waals surface area contributed by atoms with E-state index in [1.165, 1.54) is 65.1 Å². The number of rotatable bonds is 3. The van der Waals surface area contributed by atoms with Crippen LogP contribution in [-0.2, 0) is 0 Å². The van der Waals surface area contributed by atoms with Crippen molar-refractivity contribution in [3.63, 3.8) is 0 Å². The first kappa shape index (κ1) is 18.9. The third-order valence-corrected chi connectivity index (χ3v) is 6.24. The van der Waals surface area contributed by atoms with E-state index in [2.05, 4.69) is 63.2 Å². The zero-order chi connectivity index (χ0) is 19.7. The van der Waals surface area contributed by atoms with Crippen LogP contribution in [0.2, 0.25) is 0 Å². The summed E-state index contributed by atoms with van der Waals surface area (Å²) in [4.78, 5) is 9.63. The molecular weight excluding hydrogens is 340 g/mol. The quantitative estimate of drug-likeness (QED) is 0.472. The van der Waals surface area contributed by atoms with Crippen LogP contribution in [0.15, 0.2) is 47.5 Å². The lowest BCUT2D eigenvalue weighted by Gasteiger charge is -2.23. The molecule has 0 radical (unpaired) electrons. The van der Waals surface area contributed by atoms with Gasteiger partial charge >= 0.3 is 0 Å². The minimum absolute atomic E-state index is 0.695. The van der Waals surface area contributed by atoms with Gasteiger partial charge in [0.1, 0.15) is 0 Å².